The van der Waals surface area contributed by atoms with Crippen molar-refractivity contribution in [3.8, 4) is 5.75 Å². The topological polar surface area (TPSA) is 50.4 Å². The Hall–Kier alpha value is -2.49. The highest BCUT2D eigenvalue weighted by Gasteiger charge is 2.14. The number of rotatable bonds is 6. The molecule has 0 aromatic heterocycles. The molecule has 2 N–H and O–H groups in total. The van der Waals surface area contributed by atoms with Crippen LogP contribution >= 0.6 is 0 Å². The van der Waals surface area contributed by atoms with Crippen LogP contribution in [0.3, 0.4) is 0 Å². The molecule has 0 bridgehead atoms. The highest BCUT2D eigenvalue weighted by molar-refractivity contribution is 5.84. The van der Waals surface area contributed by atoms with Crippen molar-refractivity contribution in [1.82, 2.24) is 5.32 Å². The van der Waals surface area contributed by atoms with Gasteiger partial charge < -0.3 is 15.4 Å². The van der Waals surface area contributed by atoms with E-state index < -0.39 is 0 Å². The van der Waals surface area contributed by atoms with Crippen molar-refractivity contribution in [2.75, 3.05) is 12.4 Å². The van der Waals surface area contributed by atoms with Crippen molar-refractivity contribution in [2.45, 2.75) is 33.4 Å². The van der Waals surface area contributed by atoms with Crippen LogP contribution in [-0.4, -0.2) is 19.1 Å². The molecule has 23 heavy (non-hydrogen) atoms. The van der Waals surface area contributed by atoms with Gasteiger partial charge in [0.15, 0.2) is 0 Å². The monoisotopic (exact) mass is 312 g/mol. The molecule has 0 saturated carbocycles. The van der Waals surface area contributed by atoms with Gasteiger partial charge in [-0.25, -0.2) is 0 Å². The van der Waals surface area contributed by atoms with Crippen LogP contribution in [0.5, 0.6) is 5.75 Å². The largest absolute Gasteiger partial charge is 0.496 e. The number of hydrogen-bond donors (Lipinski definition) is 2. The van der Waals surface area contributed by atoms with E-state index in [0.29, 0.717) is 6.54 Å². The second-order valence-corrected chi connectivity index (χ2v) is 5.71. The van der Waals surface area contributed by atoms with Crippen molar-refractivity contribution >= 4 is 11.6 Å². The van der Waals surface area contributed by atoms with Gasteiger partial charge >= 0.3 is 0 Å². The lowest BCUT2D eigenvalue weighted by Gasteiger charge is -2.17. The molecule has 1 atom stereocenters. The number of carbonyl (C=O) groups excluding carboxylic acids is 1. The summed E-state index contributed by atoms with van der Waals surface area (Å²) in [6, 6.07) is 13.5. The number of carbonyl (C=O) groups is 1. The molecular weight excluding hydrogens is 288 g/mol. The summed E-state index contributed by atoms with van der Waals surface area (Å²) >= 11 is 0. The lowest BCUT2D eigenvalue weighted by Crippen LogP contribution is -2.37. The number of methoxy groups -OCH3 is 1. The standard InChI is InChI=1S/C19H24N2O2/c1-13-9-10-17(14(2)11-13)21-15(3)19(22)20-12-16-7-5-6-8-18(16)23-4/h5-11,15,21H,12H2,1-4H3,(H,20,22). The van der Waals surface area contributed by atoms with Gasteiger partial charge in [-0.05, 0) is 38.5 Å². The average Bonchev–Trinajstić information content (AvgIpc) is 2.55. The second kappa shape index (κ2) is 7.68. The maximum Gasteiger partial charge on any atom is 0.242 e. The third-order valence-electron chi connectivity index (χ3n) is 3.79. The number of ether oxygens (including phenoxy) is 1. The van der Waals surface area contributed by atoms with Crippen LogP contribution < -0.4 is 15.4 Å². The summed E-state index contributed by atoms with van der Waals surface area (Å²) < 4.78 is 5.29. The molecule has 0 aliphatic carbocycles. The zero-order valence-electron chi connectivity index (χ0n) is 14.1. The van der Waals surface area contributed by atoms with Crippen LogP contribution in [-0.2, 0) is 11.3 Å². The Morgan fingerprint density at radius 2 is 1.91 bits per heavy atom. The highest BCUT2D eigenvalue weighted by atomic mass is 16.5. The zero-order valence-corrected chi connectivity index (χ0v) is 14.1. The minimum Gasteiger partial charge on any atom is -0.496 e. The molecule has 4 nitrogen and oxygen atoms in total. The molecule has 0 aliphatic rings. The minimum absolute atomic E-state index is 0.0455. The molecule has 2 aromatic rings. The summed E-state index contributed by atoms with van der Waals surface area (Å²) in [5.41, 5.74) is 4.29. The number of aryl methyl sites for hydroxylation is 2. The minimum atomic E-state index is -0.314. The fraction of sp³-hybridized carbons (Fsp3) is 0.316. The predicted octanol–water partition coefficient (Wildman–Crippen LogP) is 3.43. The van der Waals surface area contributed by atoms with Crippen LogP contribution in [0.15, 0.2) is 42.5 Å². The van der Waals surface area contributed by atoms with Crippen LogP contribution in [0, 0.1) is 13.8 Å². The Balaban J connectivity index is 1.95. The third kappa shape index (κ3) is 4.49. The predicted molar refractivity (Wildman–Crippen MR) is 93.8 cm³/mol. The Labute approximate surface area is 137 Å². The summed E-state index contributed by atoms with van der Waals surface area (Å²) in [4.78, 5) is 12.3. The van der Waals surface area contributed by atoms with Gasteiger partial charge in [-0.2, -0.15) is 0 Å². The normalized spacial score (nSPS) is 11.7. The fourth-order valence-electron chi connectivity index (χ4n) is 2.46. The summed E-state index contributed by atoms with van der Waals surface area (Å²) in [6.45, 7) is 6.40. The van der Waals surface area contributed by atoms with Gasteiger partial charge in [-0.15, -0.1) is 0 Å². The van der Waals surface area contributed by atoms with Crippen LogP contribution in [0.4, 0.5) is 5.69 Å². The van der Waals surface area contributed by atoms with Crippen LogP contribution in [0.2, 0.25) is 0 Å². The van der Waals surface area contributed by atoms with Crippen molar-refractivity contribution in [3.05, 3.63) is 59.2 Å². The van der Waals surface area contributed by atoms with Crippen molar-refractivity contribution in [3.63, 3.8) is 0 Å². The number of para-hydroxylation sites is 1. The van der Waals surface area contributed by atoms with Crippen LogP contribution in [0.25, 0.3) is 0 Å². The summed E-state index contributed by atoms with van der Waals surface area (Å²) in [5.74, 6) is 0.735. The van der Waals surface area contributed by atoms with Gasteiger partial charge in [-0.1, -0.05) is 35.9 Å². The molecule has 1 amide bonds. The van der Waals surface area contributed by atoms with E-state index in [0.717, 1.165) is 22.6 Å². The fourth-order valence-corrected chi connectivity index (χ4v) is 2.46. The maximum absolute atomic E-state index is 12.3. The Morgan fingerprint density at radius 3 is 2.61 bits per heavy atom. The molecule has 0 saturated heterocycles. The Bertz CT molecular complexity index is 683. The third-order valence-corrected chi connectivity index (χ3v) is 3.79. The number of hydrogen-bond acceptors (Lipinski definition) is 3. The first-order valence-electron chi connectivity index (χ1n) is 7.74. The van der Waals surface area contributed by atoms with Gasteiger partial charge in [0, 0.05) is 17.8 Å². The molecule has 2 rings (SSSR count). The molecule has 0 aliphatic heterocycles. The van der Waals surface area contributed by atoms with Gasteiger partial charge in [0.2, 0.25) is 5.91 Å². The Morgan fingerprint density at radius 1 is 1.17 bits per heavy atom. The van der Waals surface area contributed by atoms with Crippen molar-refractivity contribution in [1.29, 1.82) is 0 Å². The van der Waals surface area contributed by atoms with E-state index in [9.17, 15) is 4.79 Å². The molecular formula is C19H24N2O2. The summed E-state index contributed by atoms with van der Waals surface area (Å²) in [7, 11) is 1.63. The zero-order chi connectivity index (χ0) is 16.8. The SMILES string of the molecule is COc1ccccc1CNC(=O)C(C)Nc1ccc(C)cc1C. The highest BCUT2D eigenvalue weighted by Crippen LogP contribution is 2.18. The number of anilines is 1. The summed E-state index contributed by atoms with van der Waals surface area (Å²) in [6.07, 6.45) is 0. The van der Waals surface area contributed by atoms with Crippen LogP contribution in [0.1, 0.15) is 23.6 Å². The average molecular weight is 312 g/mol. The van der Waals surface area contributed by atoms with Gasteiger partial charge in [0.25, 0.3) is 0 Å². The van der Waals surface area contributed by atoms with E-state index >= 15 is 0 Å². The molecule has 0 radical (unpaired) electrons. The molecule has 0 heterocycles. The van der Waals surface area contributed by atoms with Crippen molar-refractivity contribution in [2.24, 2.45) is 0 Å². The van der Waals surface area contributed by atoms with Gasteiger partial charge in [0.1, 0.15) is 11.8 Å². The first-order chi connectivity index (χ1) is 11.0. The lowest BCUT2D eigenvalue weighted by atomic mass is 10.1. The smallest absolute Gasteiger partial charge is 0.242 e. The van der Waals surface area contributed by atoms with Crippen molar-refractivity contribution < 1.29 is 9.53 Å². The quantitative estimate of drug-likeness (QED) is 0.859. The van der Waals surface area contributed by atoms with E-state index in [1.807, 2.05) is 50.2 Å². The summed E-state index contributed by atoms with van der Waals surface area (Å²) in [5, 5.41) is 6.20. The molecule has 2 aromatic carbocycles. The number of amides is 1. The molecule has 122 valence electrons. The van der Waals surface area contributed by atoms with Gasteiger partial charge in [0.05, 0.1) is 7.11 Å². The second-order valence-electron chi connectivity index (χ2n) is 5.71. The molecule has 0 fully saturated rings. The first-order valence-corrected chi connectivity index (χ1v) is 7.74. The first kappa shape index (κ1) is 16.9. The van der Waals surface area contributed by atoms with E-state index in [2.05, 4.69) is 23.6 Å². The number of nitrogens with one attached hydrogen (secondary N) is 2. The van der Waals surface area contributed by atoms with E-state index in [-0.39, 0.29) is 11.9 Å². The van der Waals surface area contributed by atoms with E-state index in [1.165, 1.54) is 5.56 Å². The van der Waals surface area contributed by atoms with E-state index in [1.54, 1.807) is 7.11 Å². The van der Waals surface area contributed by atoms with Gasteiger partial charge in [-0.3, -0.25) is 4.79 Å². The Kier molecular flexibility index (Phi) is 5.63. The lowest BCUT2D eigenvalue weighted by molar-refractivity contribution is -0.121. The van der Waals surface area contributed by atoms with E-state index in [4.69, 9.17) is 4.74 Å². The number of benzene rings is 2. The molecule has 1 unspecified atom stereocenters. The molecule has 0 spiro atoms. The molecule has 4 heteroatoms. The maximum atomic E-state index is 12.3.